The van der Waals surface area contributed by atoms with Crippen LogP contribution in [0.4, 0.5) is 0 Å². The van der Waals surface area contributed by atoms with Gasteiger partial charge in [-0.3, -0.25) is 0 Å². The minimum atomic E-state index is -0.790. The van der Waals surface area contributed by atoms with Gasteiger partial charge < -0.3 is 5.11 Å². The molecule has 1 unspecified atom stereocenters. The molecule has 13 heavy (non-hydrogen) atoms. The second kappa shape index (κ2) is 6.05. The first-order chi connectivity index (χ1) is 5.98. The van der Waals surface area contributed by atoms with Crippen LogP contribution in [0, 0.1) is 17.8 Å². The van der Waals surface area contributed by atoms with Gasteiger partial charge in [0.25, 0.3) is 0 Å². The molecule has 0 heterocycles. The van der Waals surface area contributed by atoms with E-state index in [0.29, 0.717) is 5.92 Å². The Hall–Kier alpha value is -0.480. The molecule has 0 aliphatic rings. The predicted octanol–water partition coefficient (Wildman–Crippen LogP) is 2.98. The lowest BCUT2D eigenvalue weighted by atomic mass is 9.95. The van der Waals surface area contributed by atoms with Crippen LogP contribution in [0.15, 0.2) is 0 Å². The van der Waals surface area contributed by atoms with Gasteiger partial charge >= 0.3 is 0 Å². The van der Waals surface area contributed by atoms with Crippen LogP contribution in [-0.4, -0.2) is 10.7 Å². The van der Waals surface area contributed by atoms with E-state index in [1.165, 1.54) is 6.42 Å². The maximum Gasteiger partial charge on any atom is 0.122 e. The zero-order valence-corrected chi connectivity index (χ0v) is 9.35. The van der Waals surface area contributed by atoms with E-state index in [1.807, 2.05) is 0 Å². The highest BCUT2D eigenvalue weighted by Gasteiger charge is 2.17. The molecule has 0 radical (unpaired) electrons. The third-order valence-electron chi connectivity index (χ3n) is 1.82. The molecule has 0 aromatic heterocycles. The van der Waals surface area contributed by atoms with Gasteiger partial charge in [0.05, 0.1) is 0 Å². The van der Waals surface area contributed by atoms with Crippen molar-refractivity contribution in [1.82, 2.24) is 0 Å². The summed E-state index contributed by atoms with van der Waals surface area (Å²) < 4.78 is 0. The number of hydrogen-bond donors (Lipinski definition) is 1. The summed E-state index contributed by atoms with van der Waals surface area (Å²) in [6, 6.07) is 0. The van der Waals surface area contributed by atoms with E-state index in [4.69, 9.17) is 0 Å². The third kappa shape index (κ3) is 7.87. The average Bonchev–Trinajstić information content (AvgIpc) is 1.95. The van der Waals surface area contributed by atoms with Crippen molar-refractivity contribution in [1.29, 1.82) is 0 Å². The van der Waals surface area contributed by atoms with Gasteiger partial charge in [0.2, 0.25) is 0 Å². The van der Waals surface area contributed by atoms with Crippen molar-refractivity contribution in [3.8, 4) is 11.8 Å². The van der Waals surface area contributed by atoms with Crippen LogP contribution in [0.3, 0.4) is 0 Å². The van der Waals surface area contributed by atoms with Crippen molar-refractivity contribution in [3.05, 3.63) is 0 Å². The SMILES string of the molecule is CCCCC#CC(C)(O)CC(C)C. The highest BCUT2D eigenvalue weighted by atomic mass is 16.3. The van der Waals surface area contributed by atoms with Crippen molar-refractivity contribution in [2.75, 3.05) is 0 Å². The van der Waals surface area contributed by atoms with E-state index in [9.17, 15) is 5.11 Å². The van der Waals surface area contributed by atoms with Crippen molar-refractivity contribution < 1.29 is 5.11 Å². The molecular weight excluding hydrogens is 160 g/mol. The Labute approximate surface area is 82.5 Å². The van der Waals surface area contributed by atoms with Crippen LogP contribution in [-0.2, 0) is 0 Å². The Morgan fingerprint density at radius 1 is 1.38 bits per heavy atom. The second-order valence-corrected chi connectivity index (χ2v) is 4.28. The van der Waals surface area contributed by atoms with Gasteiger partial charge in [-0.15, -0.1) is 5.92 Å². The number of aliphatic hydroxyl groups is 1. The molecule has 0 aliphatic carbocycles. The van der Waals surface area contributed by atoms with Crippen molar-refractivity contribution >= 4 is 0 Å². The van der Waals surface area contributed by atoms with E-state index >= 15 is 0 Å². The minimum absolute atomic E-state index is 0.496. The molecule has 1 N–H and O–H groups in total. The molecule has 1 nitrogen and oxygen atoms in total. The van der Waals surface area contributed by atoms with Gasteiger partial charge in [-0.05, 0) is 25.7 Å². The molecule has 0 rings (SSSR count). The lowest BCUT2D eigenvalue weighted by Gasteiger charge is -2.18. The highest BCUT2D eigenvalue weighted by molar-refractivity contribution is 5.11. The van der Waals surface area contributed by atoms with E-state index in [1.54, 1.807) is 6.92 Å². The number of hydrogen-bond acceptors (Lipinski definition) is 1. The van der Waals surface area contributed by atoms with Gasteiger partial charge in [0.15, 0.2) is 0 Å². The molecule has 0 aromatic rings. The molecule has 1 heteroatoms. The summed E-state index contributed by atoms with van der Waals surface area (Å²) in [5.41, 5.74) is -0.790. The Balaban J connectivity index is 3.89. The van der Waals surface area contributed by atoms with Gasteiger partial charge in [-0.2, -0.15) is 0 Å². The highest BCUT2D eigenvalue weighted by Crippen LogP contribution is 2.14. The lowest BCUT2D eigenvalue weighted by Crippen LogP contribution is -2.23. The van der Waals surface area contributed by atoms with E-state index in [0.717, 1.165) is 19.3 Å². The molecule has 0 spiro atoms. The molecule has 0 aliphatic heterocycles. The molecule has 0 bridgehead atoms. The maximum absolute atomic E-state index is 9.81. The van der Waals surface area contributed by atoms with Crippen LogP contribution < -0.4 is 0 Å². The Kier molecular flexibility index (Phi) is 5.82. The molecular formula is C12H22O. The molecule has 1 atom stereocenters. The van der Waals surface area contributed by atoms with E-state index < -0.39 is 5.60 Å². The van der Waals surface area contributed by atoms with Gasteiger partial charge in [0.1, 0.15) is 5.60 Å². The van der Waals surface area contributed by atoms with E-state index in [-0.39, 0.29) is 0 Å². The van der Waals surface area contributed by atoms with Crippen LogP contribution in [0.1, 0.15) is 53.4 Å². The largest absolute Gasteiger partial charge is 0.378 e. The standard InChI is InChI=1S/C12H22O/c1-5-6-7-8-9-12(4,13)10-11(2)3/h11,13H,5-7,10H2,1-4H3. The third-order valence-corrected chi connectivity index (χ3v) is 1.82. The van der Waals surface area contributed by atoms with Crippen molar-refractivity contribution in [2.24, 2.45) is 5.92 Å². The van der Waals surface area contributed by atoms with Crippen molar-refractivity contribution in [3.63, 3.8) is 0 Å². The first-order valence-electron chi connectivity index (χ1n) is 5.20. The number of rotatable bonds is 4. The second-order valence-electron chi connectivity index (χ2n) is 4.28. The molecule has 0 saturated carbocycles. The van der Waals surface area contributed by atoms with Crippen LogP contribution in [0.5, 0.6) is 0 Å². The predicted molar refractivity (Wildman–Crippen MR) is 57.4 cm³/mol. The molecule has 0 fully saturated rings. The monoisotopic (exact) mass is 182 g/mol. The Morgan fingerprint density at radius 3 is 2.46 bits per heavy atom. The minimum Gasteiger partial charge on any atom is -0.378 e. The summed E-state index contributed by atoms with van der Waals surface area (Å²) in [6.07, 6.45) is 3.96. The Bertz CT molecular complexity index is 181. The molecule has 0 aromatic carbocycles. The van der Waals surface area contributed by atoms with Crippen LogP contribution in [0.25, 0.3) is 0 Å². The fourth-order valence-electron chi connectivity index (χ4n) is 1.36. The van der Waals surface area contributed by atoms with Crippen LogP contribution >= 0.6 is 0 Å². The maximum atomic E-state index is 9.81. The fraction of sp³-hybridized carbons (Fsp3) is 0.833. The number of unbranched alkanes of at least 4 members (excludes halogenated alkanes) is 2. The Morgan fingerprint density at radius 2 is 2.00 bits per heavy atom. The summed E-state index contributed by atoms with van der Waals surface area (Å²) in [4.78, 5) is 0. The smallest absolute Gasteiger partial charge is 0.122 e. The molecule has 0 amide bonds. The quantitative estimate of drug-likeness (QED) is 0.523. The topological polar surface area (TPSA) is 20.2 Å². The van der Waals surface area contributed by atoms with Gasteiger partial charge in [-0.25, -0.2) is 0 Å². The average molecular weight is 182 g/mol. The normalized spacial score (nSPS) is 14.9. The molecule has 76 valence electrons. The van der Waals surface area contributed by atoms with Gasteiger partial charge in [-0.1, -0.05) is 33.1 Å². The van der Waals surface area contributed by atoms with Crippen LogP contribution in [0.2, 0.25) is 0 Å². The summed E-state index contributed by atoms with van der Waals surface area (Å²) in [5, 5.41) is 9.81. The van der Waals surface area contributed by atoms with Crippen molar-refractivity contribution in [2.45, 2.75) is 59.0 Å². The zero-order valence-electron chi connectivity index (χ0n) is 9.35. The fourth-order valence-corrected chi connectivity index (χ4v) is 1.36. The first-order valence-corrected chi connectivity index (χ1v) is 5.20. The van der Waals surface area contributed by atoms with E-state index in [2.05, 4.69) is 32.6 Å². The van der Waals surface area contributed by atoms with Gasteiger partial charge in [0, 0.05) is 6.42 Å². The summed E-state index contributed by atoms with van der Waals surface area (Å²) in [5.74, 6) is 6.46. The molecule has 0 saturated heterocycles. The zero-order chi connectivity index (χ0) is 10.3. The first kappa shape index (κ1) is 12.5. The summed E-state index contributed by atoms with van der Waals surface area (Å²) in [7, 11) is 0. The lowest BCUT2D eigenvalue weighted by molar-refractivity contribution is 0.0975. The summed E-state index contributed by atoms with van der Waals surface area (Å²) >= 11 is 0. The summed E-state index contributed by atoms with van der Waals surface area (Å²) in [6.45, 7) is 8.14.